The Morgan fingerprint density at radius 2 is 2.04 bits per heavy atom. The van der Waals surface area contributed by atoms with Gasteiger partial charge < -0.3 is 21.7 Å². The van der Waals surface area contributed by atoms with Gasteiger partial charge in [0.25, 0.3) is 0 Å². The molecule has 0 aliphatic carbocycles. The van der Waals surface area contributed by atoms with Crippen molar-refractivity contribution in [1.82, 2.24) is 9.97 Å². The zero-order chi connectivity index (χ0) is 18.5. The minimum Gasteiger partial charge on any atom is -0.399 e. The third-order valence-corrected chi connectivity index (χ3v) is 4.39. The first kappa shape index (κ1) is 23.8. The summed E-state index contributed by atoms with van der Waals surface area (Å²) in [4.78, 5) is 11.5. The summed E-state index contributed by atoms with van der Waals surface area (Å²) in [6.45, 7) is 3.88. The quantitative estimate of drug-likeness (QED) is 0.630. The largest absolute Gasteiger partial charge is 0.399 e. The highest BCUT2D eigenvalue weighted by Crippen LogP contribution is 2.23. The maximum absolute atomic E-state index is 9.12. The van der Waals surface area contributed by atoms with Gasteiger partial charge in [0, 0.05) is 42.3 Å². The highest BCUT2D eigenvalue weighted by Gasteiger charge is 2.19. The average Bonchev–Trinajstić information content (AvgIpc) is 2.61. The first-order valence-electron chi connectivity index (χ1n) is 9.03. The molecule has 9 heteroatoms. The number of piperidine rings is 1. The summed E-state index contributed by atoms with van der Waals surface area (Å²) >= 11 is 0. The van der Waals surface area contributed by atoms with Crippen LogP contribution >= 0.6 is 24.8 Å². The number of aromatic nitrogens is 2. The van der Waals surface area contributed by atoms with Crippen molar-refractivity contribution in [3.05, 3.63) is 35.5 Å². The third-order valence-electron chi connectivity index (χ3n) is 4.39. The summed E-state index contributed by atoms with van der Waals surface area (Å²) in [7, 11) is 0. The molecule has 0 radical (unpaired) electrons. The average molecular weight is 424 g/mol. The number of hydrogen-bond donors (Lipinski definition) is 3. The van der Waals surface area contributed by atoms with E-state index in [1.54, 1.807) is 18.2 Å². The van der Waals surface area contributed by atoms with Gasteiger partial charge in [-0.2, -0.15) is 10.2 Å². The molecule has 1 atom stereocenters. The Labute approximate surface area is 178 Å². The lowest BCUT2D eigenvalue weighted by atomic mass is 10.1. The minimum atomic E-state index is 0. The summed E-state index contributed by atoms with van der Waals surface area (Å²) in [5.74, 6) is 1.41. The molecule has 1 fully saturated rings. The first-order chi connectivity index (χ1) is 12.6. The molecule has 2 aromatic rings. The highest BCUT2D eigenvalue weighted by molar-refractivity contribution is 5.85. The Balaban J connectivity index is 0.00000196. The summed E-state index contributed by atoms with van der Waals surface area (Å²) in [5, 5.41) is 12.3. The standard InChI is InChI=1S/C19H25N7.2ClH/c1-2-4-16-10-18(26-6-3-5-14(21)12-26)25-19(23-16)24-17-8-13(11-20)7-15(22)9-17;;/h7-10,14H,2-6,12,21-22H2,1H3,(H,23,24,25);2*1H. The van der Waals surface area contributed by atoms with Crippen molar-refractivity contribution in [1.29, 1.82) is 5.26 Å². The normalized spacial score (nSPS) is 15.8. The molecule has 152 valence electrons. The number of rotatable bonds is 5. The molecule has 1 aliphatic rings. The van der Waals surface area contributed by atoms with Gasteiger partial charge in [0.05, 0.1) is 11.6 Å². The van der Waals surface area contributed by atoms with Crippen molar-refractivity contribution in [2.75, 3.05) is 29.0 Å². The Morgan fingerprint density at radius 3 is 2.71 bits per heavy atom. The van der Waals surface area contributed by atoms with E-state index in [4.69, 9.17) is 16.7 Å². The van der Waals surface area contributed by atoms with Gasteiger partial charge in [-0.05, 0) is 37.5 Å². The van der Waals surface area contributed by atoms with E-state index in [2.05, 4.69) is 33.2 Å². The van der Waals surface area contributed by atoms with Crippen molar-refractivity contribution in [3.8, 4) is 6.07 Å². The highest BCUT2D eigenvalue weighted by atomic mass is 35.5. The second kappa shape index (κ2) is 10.9. The number of nitrogens with zero attached hydrogens (tertiary/aromatic N) is 4. The summed E-state index contributed by atoms with van der Waals surface area (Å²) in [5.41, 5.74) is 14.7. The summed E-state index contributed by atoms with van der Waals surface area (Å²) < 4.78 is 0. The van der Waals surface area contributed by atoms with E-state index < -0.39 is 0 Å². The number of nitrogens with one attached hydrogen (secondary N) is 1. The Morgan fingerprint density at radius 1 is 1.25 bits per heavy atom. The second-order valence-electron chi connectivity index (χ2n) is 6.72. The number of hydrogen-bond acceptors (Lipinski definition) is 7. The van der Waals surface area contributed by atoms with Crippen LogP contribution in [-0.2, 0) is 6.42 Å². The van der Waals surface area contributed by atoms with Gasteiger partial charge in [-0.1, -0.05) is 13.3 Å². The molecule has 3 rings (SSSR count). The number of nitriles is 1. The van der Waals surface area contributed by atoms with E-state index >= 15 is 0 Å². The van der Waals surface area contributed by atoms with E-state index in [-0.39, 0.29) is 30.9 Å². The fraction of sp³-hybridized carbons (Fsp3) is 0.421. The van der Waals surface area contributed by atoms with E-state index in [1.165, 1.54) is 0 Å². The number of nitrogens with two attached hydrogens (primary N) is 2. The molecule has 1 unspecified atom stereocenters. The van der Waals surface area contributed by atoms with Crippen molar-refractivity contribution in [3.63, 3.8) is 0 Å². The molecule has 0 bridgehead atoms. The Hall–Kier alpha value is -2.27. The van der Waals surface area contributed by atoms with Gasteiger partial charge in [0.15, 0.2) is 0 Å². The number of halogens is 2. The predicted octanol–water partition coefficient (Wildman–Crippen LogP) is 3.40. The van der Waals surface area contributed by atoms with Gasteiger partial charge >= 0.3 is 0 Å². The zero-order valence-electron chi connectivity index (χ0n) is 15.9. The maximum Gasteiger partial charge on any atom is 0.229 e. The summed E-state index contributed by atoms with van der Waals surface area (Å²) in [6.07, 6.45) is 4.00. The molecular weight excluding hydrogens is 397 g/mol. The van der Waals surface area contributed by atoms with Crippen LogP contribution in [0.15, 0.2) is 24.3 Å². The van der Waals surface area contributed by atoms with E-state index in [0.29, 0.717) is 22.9 Å². The maximum atomic E-state index is 9.12. The van der Waals surface area contributed by atoms with Gasteiger partial charge in [0.1, 0.15) is 5.82 Å². The van der Waals surface area contributed by atoms with Crippen LogP contribution in [0.25, 0.3) is 0 Å². The minimum absolute atomic E-state index is 0. The Bertz CT molecular complexity index is 822. The van der Waals surface area contributed by atoms with Crippen molar-refractivity contribution >= 4 is 48.0 Å². The van der Waals surface area contributed by atoms with Gasteiger partial charge in [0.2, 0.25) is 5.95 Å². The number of aryl methyl sites for hydroxylation is 1. The van der Waals surface area contributed by atoms with Gasteiger partial charge in [-0.15, -0.1) is 24.8 Å². The fourth-order valence-corrected chi connectivity index (χ4v) is 3.22. The van der Waals surface area contributed by atoms with Crippen molar-refractivity contribution in [2.24, 2.45) is 5.73 Å². The van der Waals surface area contributed by atoms with Crippen LogP contribution in [0.3, 0.4) is 0 Å². The van der Waals surface area contributed by atoms with E-state index in [1.807, 2.05) is 6.07 Å². The molecule has 5 N–H and O–H groups in total. The third kappa shape index (κ3) is 6.13. The second-order valence-corrected chi connectivity index (χ2v) is 6.72. The topological polar surface area (TPSA) is 117 Å². The van der Waals surface area contributed by atoms with Crippen LogP contribution in [0.2, 0.25) is 0 Å². The molecule has 1 saturated heterocycles. The molecule has 0 spiro atoms. The molecule has 2 heterocycles. The molecule has 1 aromatic heterocycles. The first-order valence-corrected chi connectivity index (χ1v) is 9.03. The lowest BCUT2D eigenvalue weighted by Crippen LogP contribution is -2.43. The number of nitrogen functional groups attached to an aromatic ring is 1. The predicted molar refractivity (Wildman–Crippen MR) is 119 cm³/mol. The van der Waals surface area contributed by atoms with E-state index in [9.17, 15) is 0 Å². The van der Waals surface area contributed by atoms with Crippen LogP contribution in [-0.4, -0.2) is 29.1 Å². The lowest BCUT2D eigenvalue weighted by Gasteiger charge is -2.32. The van der Waals surface area contributed by atoms with Crippen LogP contribution in [0.5, 0.6) is 0 Å². The van der Waals surface area contributed by atoms with Crippen LogP contribution in [0.1, 0.15) is 37.4 Å². The number of benzene rings is 1. The monoisotopic (exact) mass is 423 g/mol. The van der Waals surface area contributed by atoms with Crippen LogP contribution in [0, 0.1) is 11.3 Å². The molecule has 0 saturated carbocycles. The SMILES string of the molecule is CCCc1cc(N2CCCC(N)C2)nc(Nc2cc(N)cc(C#N)c2)n1.Cl.Cl. The smallest absolute Gasteiger partial charge is 0.229 e. The Kier molecular flexibility index (Phi) is 9.26. The molecule has 1 aliphatic heterocycles. The molecular formula is C19H27Cl2N7. The zero-order valence-corrected chi connectivity index (χ0v) is 17.5. The van der Waals surface area contributed by atoms with Crippen molar-refractivity contribution < 1.29 is 0 Å². The van der Waals surface area contributed by atoms with Gasteiger partial charge in [-0.3, -0.25) is 0 Å². The van der Waals surface area contributed by atoms with E-state index in [0.717, 1.165) is 50.3 Å². The van der Waals surface area contributed by atoms with Crippen molar-refractivity contribution in [2.45, 2.75) is 38.6 Å². The number of anilines is 4. The van der Waals surface area contributed by atoms with Gasteiger partial charge in [-0.25, -0.2) is 4.98 Å². The molecule has 1 aromatic carbocycles. The van der Waals surface area contributed by atoms with Crippen LogP contribution in [0.4, 0.5) is 23.1 Å². The summed E-state index contributed by atoms with van der Waals surface area (Å²) in [6, 6.07) is 9.49. The lowest BCUT2D eigenvalue weighted by molar-refractivity contribution is 0.503. The van der Waals surface area contributed by atoms with Crippen LogP contribution < -0.4 is 21.7 Å². The molecule has 7 nitrogen and oxygen atoms in total. The molecule has 28 heavy (non-hydrogen) atoms. The molecule has 0 amide bonds. The fourth-order valence-electron chi connectivity index (χ4n) is 3.22.